The Balaban J connectivity index is 1.26. The molecule has 2 bridgehead atoms. The van der Waals surface area contributed by atoms with Crippen LogP contribution in [0.1, 0.15) is 25.7 Å². The van der Waals surface area contributed by atoms with E-state index in [2.05, 4.69) is 20.5 Å². The van der Waals surface area contributed by atoms with Crippen molar-refractivity contribution in [1.29, 1.82) is 0 Å². The van der Waals surface area contributed by atoms with Crippen molar-refractivity contribution < 1.29 is 13.5 Å². The summed E-state index contributed by atoms with van der Waals surface area (Å²) in [4.78, 5) is 6.43. The van der Waals surface area contributed by atoms with E-state index in [1.807, 2.05) is 0 Å². The summed E-state index contributed by atoms with van der Waals surface area (Å²) < 4.78 is 32.4. The fourth-order valence-corrected chi connectivity index (χ4v) is 4.32. The molecular formula is C19H26F2N4O. The highest BCUT2D eigenvalue weighted by Gasteiger charge is 2.41. The number of nitrogens with one attached hydrogen (secondary N) is 2. The molecule has 0 amide bonds. The first-order chi connectivity index (χ1) is 12.6. The minimum Gasteiger partial charge on any atom is -0.373 e. The summed E-state index contributed by atoms with van der Waals surface area (Å²) in [5.41, 5.74) is 0.744. The predicted octanol–water partition coefficient (Wildman–Crippen LogP) is 2.28. The van der Waals surface area contributed by atoms with Crippen molar-refractivity contribution in [2.75, 3.05) is 31.6 Å². The number of benzene rings is 1. The number of hydrogen-bond donors (Lipinski definition) is 2. The van der Waals surface area contributed by atoms with Gasteiger partial charge in [-0.2, -0.15) is 0 Å². The van der Waals surface area contributed by atoms with Crippen LogP contribution in [0.25, 0.3) is 0 Å². The normalized spacial score (nSPS) is 30.9. The van der Waals surface area contributed by atoms with Crippen LogP contribution in [-0.4, -0.2) is 50.9 Å². The molecule has 3 aliphatic heterocycles. The molecular weight excluding hydrogens is 338 g/mol. The minimum absolute atomic E-state index is 0.314. The van der Waals surface area contributed by atoms with Gasteiger partial charge >= 0.3 is 0 Å². The number of ether oxygens (including phenoxy) is 1. The zero-order valence-corrected chi connectivity index (χ0v) is 15.0. The first kappa shape index (κ1) is 17.5. The van der Waals surface area contributed by atoms with Crippen LogP contribution in [0, 0.1) is 17.6 Å². The van der Waals surface area contributed by atoms with Crippen molar-refractivity contribution in [3.8, 4) is 0 Å². The lowest BCUT2D eigenvalue weighted by Gasteiger charge is -2.23. The second-order valence-corrected chi connectivity index (χ2v) is 7.51. The van der Waals surface area contributed by atoms with Crippen molar-refractivity contribution >= 4 is 11.6 Å². The smallest absolute Gasteiger partial charge is 0.191 e. The number of halogens is 2. The molecule has 1 aromatic carbocycles. The van der Waals surface area contributed by atoms with Crippen LogP contribution in [0.2, 0.25) is 0 Å². The Labute approximate surface area is 152 Å². The van der Waals surface area contributed by atoms with Crippen LogP contribution in [-0.2, 0) is 4.74 Å². The van der Waals surface area contributed by atoms with E-state index in [1.165, 1.54) is 18.6 Å². The third-order valence-corrected chi connectivity index (χ3v) is 5.76. The number of fused-ring (bicyclic) bond motifs is 2. The SMILES string of the molecule is CN=C(NCC1CCN(c2ccc(F)c(F)c2)C1)NC1CC2CCC1O2. The Hall–Kier alpha value is -1.89. The Morgan fingerprint density at radius 1 is 1.27 bits per heavy atom. The summed E-state index contributed by atoms with van der Waals surface area (Å²) in [5, 5.41) is 6.90. The molecule has 0 saturated carbocycles. The molecule has 5 nitrogen and oxygen atoms in total. The second-order valence-electron chi connectivity index (χ2n) is 7.51. The number of nitrogens with zero attached hydrogens (tertiary/aromatic N) is 2. The Bertz CT molecular complexity index is 684. The van der Waals surface area contributed by atoms with E-state index < -0.39 is 11.6 Å². The number of hydrogen-bond acceptors (Lipinski definition) is 3. The van der Waals surface area contributed by atoms with Gasteiger partial charge in [0.1, 0.15) is 0 Å². The van der Waals surface area contributed by atoms with Crippen molar-refractivity contribution in [2.24, 2.45) is 10.9 Å². The topological polar surface area (TPSA) is 48.9 Å². The maximum absolute atomic E-state index is 13.4. The van der Waals surface area contributed by atoms with Crippen molar-refractivity contribution in [2.45, 2.75) is 43.9 Å². The molecule has 4 atom stereocenters. The monoisotopic (exact) mass is 364 g/mol. The number of rotatable bonds is 4. The molecule has 1 aromatic rings. The first-order valence-corrected chi connectivity index (χ1v) is 9.45. The quantitative estimate of drug-likeness (QED) is 0.636. The van der Waals surface area contributed by atoms with Gasteiger partial charge in [-0.05, 0) is 43.7 Å². The van der Waals surface area contributed by atoms with Crippen LogP contribution >= 0.6 is 0 Å². The van der Waals surface area contributed by atoms with E-state index in [9.17, 15) is 8.78 Å². The Kier molecular flexibility index (Phi) is 4.98. The maximum atomic E-state index is 13.4. The average molecular weight is 364 g/mol. The highest BCUT2D eigenvalue weighted by molar-refractivity contribution is 5.80. The van der Waals surface area contributed by atoms with E-state index in [1.54, 1.807) is 13.1 Å². The van der Waals surface area contributed by atoms with Crippen molar-refractivity contribution in [1.82, 2.24) is 10.6 Å². The molecule has 4 rings (SSSR count). The van der Waals surface area contributed by atoms with E-state index in [0.717, 1.165) is 50.5 Å². The van der Waals surface area contributed by atoms with E-state index in [-0.39, 0.29) is 0 Å². The molecule has 0 aliphatic carbocycles. The molecule has 2 N–H and O–H groups in total. The lowest BCUT2D eigenvalue weighted by molar-refractivity contribution is 0.0992. The molecule has 4 unspecified atom stereocenters. The van der Waals surface area contributed by atoms with Crippen LogP contribution in [0.3, 0.4) is 0 Å². The molecule has 3 fully saturated rings. The average Bonchev–Trinajstić information content (AvgIpc) is 3.37. The maximum Gasteiger partial charge on any atom is 0.191 e. The van der Waals surface area contributed by atoms with Gasteiger partial charge in [-0.3, -0.25) is 4.99 Å². The third kappa shape index (κ3) is 3.63. The van der Waals surface area contributed by atoms with E-state index >= 15 is 0 Å². The standard InChI is InChI=1S/C19H26F2N4O/c1-22-19(24-17-9-14-3-5-18(17)26-14)23-10-12-6-7-25(11-12)13-2-4-15(20)16(21)8-13/h2,4,8,12,14,17-18H,3,5-7,9-11H2,1H3,(H2,22,23,24). The molecule has 7 heteroatoms. The number of aliphatic imine (C=N–C) groups is 1. The molecule has 0 spiro atoms. The largest absolute Gasteiger partial charge is 0.373 e. The molecule has 26 heavy (non-hydrogen) atoms. The molecule has 3 saturated heterocycles. The highest BCUT2D eigenvalue weighted by Crippen LogP contribution is 2.34. The molecule has 142 valence electrons. The summed E-state index contributed by atoms with van der Waals surface area (Å²) in [6.45, 7) is 2.48. The van der Waals surface area contributed by atoms with Crippen molar-refractivity contribution in [3.63, 3.8) is 0 Å². The van der Waals surface area contributed by atoms with E-state index in [0.29, 0.717) is 24.2 Å². The number of guanidine groups is 1. The lowest BCUT2D eigenvalue weighted by Crippen LogP contribution is -2.48. The fraction of sp³-hybridized carbons (Fsp3) is 0.632. The van der Waals surface area contributed by atoms with Crippen molar-refractivity contribution in [3.05, 3.63) is 29.8 Å². The summed E-state index contributed by atoms with van der Waals surface area (Å²) >= 11 is 0. The lowest BCUT2D eigenvalue weighted by atomic mass is 9.96. The molecule has 0 aromatic heterocycles. The van der Waals surface area contributed by atoms with Gasteiger partial charge in [0.15, 0.2) is 17.6 Å². The van der Waals surface area contributed by atoms with Gasteiger partial charge < -0.3 is 20.3 Å². The van der Waals surface area contributed by atoms with Crippen LogP contribution < -0.4 is 15.5 Å². The van der Waals surface area contributed by atoms with E-state index in [4.69, 9.17) is 4.74 Å². The third-order valence-electron chi connectivity index (χ3n) is 5.76. The molecule has 3 heterocycles. The van der Waals surface area contributed by atoms with Crippen LogP contribution in [0.4, 0.5) is 14.5 Å². The first-order valence-electron chi connectivity index (χ1n) is 9.45. The van der Waals surface area contributed by atoms with Crippen LogP contribution in [0.5, 0.6) is 0 Å². The zero-order chi connectivity index (χ0) is 18.1. The summed E-state index contributed by atoms with van der Waals surface area (Å²) in [6, 6.07) is 4.46. The minimum atomic E-state index is -0.800. The van der Waals surface area contributed by atoms with Gasteiger partial charge in [0, 0.05) is 38.4 Å². The Morgan fingerprint density at radius 3 is 2.85 bits per heavy atom. The van der Waals surface area contributed by atoms with Gasteiger partial charge in [-0.1, -0.05) is 0 Å². The zero-order valence-electron chi connectivity index (χ0n) is 15.0. The summed E-state index contributed by atoms with van der Waals surface area (Å²) in [5.74, 6) is -0.331. The van der Waals surface area contributed by atoms with Gasteiger partial charge in [-0.25, -0.2) is 8.78 Å². The second kappa shape index (κ2) is 7.39. The highest BCUT2D eigenvalue weighted by atomic mass is 19.2. The summed E-state index contributed by atoms with van der Waals surface area (Å²) in [6.07, 6.45) is 5.10. The van der Waals surface area contributed by atoms with Gasteiger partial charge in [-0.15, -0.1) is 0 Å². The van der Waals surface area contributed by atoms with Gasteiger partial charge in [0.25, 0.3) is 0 Å². The summed E-state index contributed by atoms with van der Waals surface area (Å²) in [7, 11) is 1.78. The number of anilines is 1. The van der Waals surface area contributed by atoms with Gasteiger partial charge in [0.05, 0.1) is 18.2 Å². The predicted molar refractivity (Wildman–Crippen MR) is 97.5 cm³/mol. The molecule has 0 radical (unpaired) electrons. The van der Waals surface area contributed by atoms with Gasteiger partial charge in [0.2, 0.25) is 0 Å². The van der Waals surface area contributed by atoms with Crippen LogP contribution in [0.15, 0.2) is 23.2 Å². The molecule has 3 aliphatic rings. The Morgan fingerprint density at radius 2 is 2.15 bits per heavy atom. The fourth-order valence-electron chi connectivity index (χ4n) is 4.32.